The van der Waals surface area contributed by atoms with E-state index in [0.717, 1.165) is 30.5 Å². The van der Waals surface area contributed by atoms with Gasteiger partial charge < -0.3 is 10.2 Å². The van der Waals surface area contributed by atoms with Crippen molar-refractivity contribution in [3.05, 3.63) is 16.4 Å². The Labute approximate surface area is 125 Å². The van der Waals surface area contributed by atoms with Gasteiger partial charge in [0.25, 0.3) is 0 Å². The van der Waals surface area contributed by atoms with Crippen LogP contribution < -0.4 is 5.32 Å². The van der Waals surface area contributed by atoms with E-state index in [2.05, 4.69) is 70.8 Å². The smallest absolute Gasteiger partial charge is 0.0635 e. The van der Waals surface area contributed by atoms with E-state index < -0.39 is 0 Å². The third-order valence-electron chi connectivity index (χ3n) is 3.32. The molecular weight excluding hydrogens is 304 g/mol. The highest BCUT2D eigenvalue weighted by atomic mass is 79.9. The molecule has 2 unspecified atom stereocenters. The highest BCUT2D eigenvalue weighted by Gasteiger charge is 2.18. The molecule has 1 heterocycles. The van der Waals surface area contributed by atoms with E-state index in [1.54, 1.807) is 0 Å². The number of aromatic nitrogens is 2. The van der Waals surface area contributed by atoms with Crippen LogP contribution in [-0.4, -0.2) is 47.9 Å². The van der Waals surface area contributed by atoms with Crippen molar-refractivity contribution < 1.29 is 0 Å². The molecule has 1 N–H and O–H groups in total. The van der Waals surface area contributed by atoms with Gasteiger partial charge in [0.15, 0.2) is 0 Å². The van der Waals surface area contributed by atoms with Crippen LogP contribution in [-0.2, 0) is 6.54 Å². The van der Waals surface area contributed by atoms with Gasteiger partial charge in [0.2, 0.25) is 0 Å². The van der Waals surface area contributed by atoms with Gasteiger partial charge in [0.1, 0.15) is 0 Å². The number of rotatable bonds is 8. The zero-order valence-electron chi connectivity index (χ0n) is 12.8. The van der Waals surface area contributed by atoms with Gasteiger partial charge >= 0.3 is 0 Å². The summed E-state index contributed by atoms with van der Waals surface area (Å²) < 4.78 is 3.26. The predicted octanol–water partition coefficient (Wildman–Crippen LogP) is 2.70. The Morgan fingerprint density at radius 1 is 1.42 bits per heavy atom. The summed E-state index contributed by atoms with van der Waals surface area (Å²) in [6.07, 6.45) is 3.04. The highest BCUT2D eigenvalue weighted by Crippen LogP contribution is 2.28. The predicted molar refractivity (Wildman–Crippen MR) is 84.7 cm³/mol. The van der Waals surface area contributed by atoms with Gasteiger partial charge in [-0.1, -0.05) is 13.8 Å². The van der Waals surface area contributed by atoms with Gasteiger partial charge in [0, 0.05) is 18.5 Å². The summed E-state index contributed by atoms with van der Waals surface area (Å²) in [5.41, 5.74) is 1.31. The molecule has 0 radical (unpaired) electrons. The lowest BCUT2D eigenvalue weighted by atomic mass is 9.99. The van der Waals surface area contributed by atoms with Crippen LogP contribution in [0.25, 0.3) is 0 Å². The van der Waals surface area contributed by atoms with Crippen molar-refractivity contribution in [1.29, 1.82) is 0 Å². The first-order chi connectivity index (χ1) is 8.95. The Bertz CT molecular complexity index is 376. The van der Waals surface area contributed by atoms with Crippen LogP contribution in [0.3, 0.4) is 0 Å². The van der Waals surface area contributed by atoms with E-state index in [9.17, 15) is 0 Å². The summed E-state index contributed by atoms with van der Waals surface area (Å²) in [6, 6.07) is 0.532. The Morgan fingerprint density at radius 2 is 2.11 bits per heavy atom. The minimum absolute atomic E-state index is 0.494. The van der Waals surface area contributed by atoms with Crippen molar-refractivity contribution in [1.82, 2.24) is 20.0 Å². The van der Waals surface area contributed by atoms with Gasteiger partial charge in [-0.15, -0.1) is 0 Å². The molecule has 2 atom stereocenters. The number of hydrogen-bond acceptors (Lipinski definition) is 3. The fraction of sp³-hybridized carbons (Fsp3) is 0.786. The molecule has 4 nitrogen and oxygen atoms in total. The maximum absolute atomic E-state index is 4.48. The number of hydrogen-bond donors (Lipinski definition) is 1. The lowest BCUT2D eigenvalue weighted by molar-refractivity contribution is 0.363. The molecule has 0 bridgehead atoms. The Morgan fingerprint density at radius 3 is 2.68 bits per heavy atom. The molecule has 0 amide bonds. The van der Waals surface area contributed by atoms with E-state index in [1.807, 2.05) is 6.20 Å². The molecule has 1 aromatic rings. The second-order valence-corrected chi connectivity index (χ2v) is 6.35. The first-order valence-corrected chi connectivity index (χ1v) is 7.84. The van der Waals surface area contributed by atoms with Gasteiger partial charge in [0.05, 0.1) is 22.9 Å². The van der Waals surface area contributed by atoms with Crippen molar-refractivity contribution in [3.63, 3.8) is 0 Å². The van der Waals surface area contributed by atoms with E-state index in [1.165, 1.54) is 5.69 Å². The van der Waals surface area contributed by atoms with Crippen LogP contribution in [0.15, 0.2) is 10.7 Å². The molecule has 0 aliphatic rings. The number of nitrogens with one attached hydrogen (secondary N) is 1. The summed E-state index contributed by atoms with van der Waals surface area (Å²) in [6.45, 7) is 9.65. The Hall–Kier alpha value is -0.390. The van der Waals surface area contributed by atoms with Crippen LogP contribution in [0, 0.1) is 0 Å². The number of likely N-dealkylation sites (N-methyl/N-ethyl adjacent to an activating group) is 1. The first kappa shape index (κ1) is 16.7. The molecule has 1 aromatic heterocycles. The highest BCUT2D eigenvalue weighted by molar-refractivity contribution is 9.10. The summed E-state index contributed by atoms with van der Waals surface area (Å²) in [5.74, 6) is 0.494. The molecule has 0 spiro atoms. The molecule has 19 heavy (non-hydrogen) atoms. The molecule has 0 aliphatic carbocycles. The van der Waals surface area contributed by atoms with Crippen LogP contribution in [0.2, 0.25) is 0 Å². The minimum Gasteiger partial charge on any atom is -0.315 e. The molecule has 0 saturated heterocycles. The number of halogens is 1. The molecule has 5 heteroatoms. The first-order valence-electron chi connectivity index (χ1n) is 7.05. The molecule has 0 fully saturated rings. The third kappa shape index (κ3) is 5.24. The average molecular weight is 331 g/mol. The monoisotopic (exact) mass is 330 g/mol. The SMILES string of the molecule is CCNC(C)CC(C)c1c(Br)cnn1CCN(C)C. The van der Waals surface area contributed by atoms with Crippen LogP contribution in [0.4, 0.5) is 0 Å². The maximum Gasteiger partial charge on any atom is 0.0635 e. The van der Waals surface area contributed by atoms with Crippen LogP contribution >= 0.6 is 15.9 Å². The van der Waals surface area contributed by atoms with E-state index in [0.29, 0.717) is 12.0 Å². The topological polar surface area (TPSA) is 33.1 Å². The molecule has 1 rings (SSSR count). The van der Waals surface area contributed by atoms with Crippen molar-refractivity contribution in [2.24, 2.45) is 0 Å². The molecule has 0 aromatic carbocycles. The number of nitrogens with zero attached hydrogens (tertiary/aromatic N) is 3. The molecule has 110 valence electrons. The van der Waals surface area contributed by atoms with Crippen molar-refractivity contribution in [2.75, 3.05) is 27.2 Å². The van der Waals surface area contributed by atoms with Crippen molar-refractivity contribution in [2.45, 2.75) is 45.7 Å². The van der Waals surface area contributed by atoms with Gasteiger partial charge in [-0.05, 0) is 49.9 Å². The molecule has 0 saturated carbocycles. The zero-order chi connectivity index (χ0) is 14.4. The van der Waals surface area contributed by atoms with E-state index >= 15 is 0 Å². The quantitative estimate of drug-likeness (QED) is 0.795. The van der Waals surface area contributed by atoms with E-state index in [4.69, 9.17) is 0 Å². The third-order valence-corrected chi connectivity index (χ3v) is 3.93. The van der Waals surface area contributed by atoms with Gasteiger partial charge in [-0.2, -0.15) is 5.10 Å². The lowest BCUT2D eigenvalue weighted by Crippen LogP contribution is -2.28. The Balaban J connectivity index is 2.72. The normalized spacial score (nSPS) is 14.9. The van der Waals surface area contributed by atoms with Crippen LogP contribution in [0.1, 0.15) is 38.8 Å². The standard InChI is InChI=1S/C14H27BrN4/c1-6-16-12(3)9-11(2)14-13(15)10-17-19(14)8-7-18(4)5/h10-12,16H,6-9H2,1-5H3. The minimum atomic E-state index is 0.494. The summed E-state index contributed by atoms with van der Waals surface area (Å²) in [4.78, 5) is 2.19. The van der Waals surface area contributed by atoms with Crippen LogP contribution in [0.5, 0.6) is 0 Å². The van der Waals surface area contributed by atoms with Crippen molar-refractivity contribution >= 4 is 15.9 Å². The second-order valence-electron chi connectivity index (χ2n) is 5.50. The summed E-state index contributed by atoms with van der Waals surface area (Å²) in [5, 5.41) is 7.96. The average Bonchev–Trinajstić information content (AvgIpc) is 2.68. The summed E-state index contributed by atoms with van der Waals surface area (Å²) in [7, 11) is 4.18. The van der Waals surface area contributed by atoms with Gasteiger partial charge in [-0.3, -0.25) is 4.68 Å². The Kier molecular flexibility index (Phi) is 7.04. The second kappa shape index (κ2) is 8.02. The van der Waals surface area contributed by atoms with Gasteiger partial charge in [-0.25, -0.2) is 0 Å². The fourth-order valence-electron chi connectivity index (χ4n) is 2.41. The largest absolute Gasteiger partial charge is 0.315 e. The lowest BCUT2D eigenvalue weighted by Gasteiger charge is -2.20. The summed E-state index contributed by atoms with van der Waals surface area (Å²) >= 11 is 3.64. The van der Waals surface area contributed by atoms with Crippen molar-refractivity contribution in [3.8, 4) is 0 Å². The molecule has 0 aliphatic heterocycles. The molecular formula is C14H27BrN4. The maximum atomic E-state index is 4.48. The zero-order valence-corrected chi connectivity index (χ0v) is 14.4. The van der Waals surface area contributed by atoms with E-state index in [-0.39, 0.29) is 0 Å². The fourth-order valence-corrected chi connectivity index (χ4v) is 3.10.